The van der Waals surface area contributed by atoms with Gasteiger partial charge in [0, 0.05) is 0 Å². The van der Waals surface area contributed by atoms with Crippen molar-refractivity contribution in [3.63, 3.8) is 0 Å². The van der Waals surface area contributed by atoms with E-state index < -0.39 is 11.8 Å². The van der Waals surface area contributed by atoms with Crippen LogP contribution in [0.3, 0.4) is 0 Å². The molecule has 0 bridgehead atoms. The summed E-state index contributed by atoms with van der Waals surface area (Å²) < 4.78 is 12.7. The highest BCUT2D eigenvalue weighted by molar-refractivity contribution is 5.70. The highest BCUT2D eigenvalue weighted by atomic mass is 19.1. The number of nitrogens with zero attached hydrogens (tertiary/aromatic N) is 1. The molecule has 1 aromatic rings. The second-order valence-corrected chi connectivity index (χ2v) is 2.47. The summed E-state index contributed by atoms with van der Waals surface area (Å²) >= 11 is 0. The Kier molecular flexibility index (Phi) is 2.60. The van der Waals surface area contributed by atoms with E-state index in [-0.39, 0.29) is 12.1 Å². The molecule has 0 amide bonds. The Morgan fingerprint density at radius 3 is 2.85 bits per heavy atom. The van der Waals surface area contributed by atoms with E-state index in [1.807, 2.05) is 0 Å². The Morgan fingerprint density at radius 2 is 2.31 bits per heavy atom. The third kappa shape index (κ3) is 2.27. The van der Waals surface area contributed by atoms with E-state index in [1.54, 1.807) is 0 Å². The number of rotatable bonds is 2. The SMILES string of the molecule is [C-]#[N+]c1cc(CC(=O)O)ccc1F. The highest BCUT2D eigenvalue weighted by Gasteiger charge is 2.05. The van der Waals surface area contributed by atoms with Crippen LogP contribution in [0.2, 0.25) is 0 Å². The Labute approximate surface area is 74.3 Å². The molecule has 1 N–H and O–H groups in total. The van der Waals surface area contributed by atoms with Crippen molar-refractivity contribution >= 4 is 11.7 Å². The van der Waals surface area contributed by atoms with E-state index in [0.29, 0.717) is 5.56 Å². The molecule has 0 saturated heterocycles. The lowest BCUT2D eigenvalue weighted by Gasteiger charge is -1.98. The molecule has 0 aliphatic heterocycles. The molecule has 0 unspecified atom stereocenters. The van der Waals surface area contributed by atoms with Gasteiger partial charge in [0.2, 0.25) is 5.69 Å². The summed E-state index contributed by atoms with van der Waals surface area (Å²) in [6, 6.07) is 3.71. The van der Waals surface area contributed by atoms with Crippen molar-refractivity contribution in [2.24, 2.45) is 0 Å². The number of carboxylic acid groups (broad SMARTS) is 1. The van der Waals surface area contributed by atoms with Gasteiger partial charge in [0.25, 0.3) is 0 Å². The van der Waals surface area contributed by atoms with Gasteiger partial charge in [-0.3, -0.25) is 4.79 Å². The van der Waals surface area contributed by atoms with Gasteiger partial charge >= 0.3 is 5.97 Å². The number of benzene rings is 1. The van der Waals surface area contributed by atoms with Crippen LogP contribution in [0.4, 0.5) is 10.1 Å². The smallest absolute Gasteiger partial charge is 0.307 e. The molecule has 0 aromatic heterocycles. The summed E-state index contributed by atoms with van der Waals surface area (Å²) in [7, 11) is 0. The Balaban J connectivity index is 3.01. The Bertz CT molecular complexity index is 382. The van der Waals surface area contributed by atoms with Crippen LogP contribution in [0.1, 0.15) is 5.56 Å². The molecular weight excluding hydrogens is 173 g/mol. The quantitative estimate of drug-likeness (QED) is 0.705. The zero-order valence-corrected chi connectivity index (χ0v) is 6.62. The number of hydrogen-bond acceptors (Lipinski definition) is 1. The van der Waals surface area contributed by atoms with E-state index in [0.717, 1.165) is 6.07 Å². The van der Waals surface area contributed by atoms with Gasteiger partial charge < -0.3 is 5.11 Å². The van der Waals surface area contributed by atoms with Gasteiger partial charge in [-0.1, -0.05) is 6.07 Å². The molecule has 0 saturated carbocycles. The van der Waals surface area contributed by atoms with Gasteiger partial charge in [-0.2, -0.15) is 0 Å². The zero-order valence-electron chi connectivity index (χ0n) is 6.62. The summed E-state index contributed by atoms with van der Waals surface area (Å²) in [5.41, 5.74) is 0.290. The molecule has 1 aromatic carbocycles. The van der Waals surface area contributed by atoms with Crippen molar-refractivity contribution in [1.29, 1.82) is 0 Å². The van der Waals surface area contributed by atoms with E-state index in [2.05, 4.69) is 4.85 Å². The summed E-state index contributed by atoms with van der Waals surface area (Å²) in [6.45, 7) is 6.60. The van der Waals surface area contributed by atoms with Gasteiger partial charge in [-0.25, -0.2) is 9.24 Å². The molecule has 0 aliphatic carbocycles. The second kappa shape index (κ2) is 3.68. The van der Waals surface area contributed by atoms with Crippen LogP contribution in [0, 0.1) is 12.4 Å². The largest absolute Gasteiger partial charge is 0.481 e. The molecule has 3 nitrogen and oxygen atoms in total. The minimum absolute atomic E-state index is 0.140. The molecule has 0 aliphatic rings. The Morgan fingerprint density at radius 1 is 1.62 bits per heavy atom. The molecule has 66 valence electrons. The third-order valence-corrected chi connectivity index (χ3v) is 1.49. The highest BCUT2D eigenvalue weighted by Crippen LogP contribution is 2.19. The number of aliphatic carboxylic acids is 1. The van der Waals surface area contributed by atoms with Crippen molar-refractivity contribution in [2.75, 3.05) is 0 Å². The van der Waals surface area contributed by atoms with E-state index in [9.17, 15) is 9.18 Å². The van der Waals surface area contributed by atoms with Crippen LogP contribution in [-0.4, -0.2) is 11.1 Å². The molecule has 1 rings (SSSR count). The standard InChI is InChI=1S/C9H6FNO2/c1-11-8-4-6(5-9(12)13)2-3-7(8)10/h2-4H,5H2,(H,12,13). The van der Waals surface area contributed by atoms with Gasteiger partial charge in [-0.05, 0) is 17.7 Å². The lowest BCUT2D eigenvalue weighted by molar-refractivity contribution is -0.136. The van der Waals surface area contributed by atoms with Gasteiger partial charge in [0.1, 0.15) is 5.82 Å². The molecule has 0 atom stereocenters. The predicted octanol–water partition coefficient (Wildman–Crippen LogP) is 2.00. The van der Waals surface area contributed by atoms with Crippen LogP contribution < -0.4 is 0 Å². The summed E-state index contributed by atoms with van der Waals surface area (Å²) in [5.74, 6) is -1.62. The first-order valence-electron chi connectivity index (χ1n) is 3.51. The molecule has 0 heterocycles. The minimum atomic E-state index is -0.998. The molecule has 0 radical (unpaired) electrons. The van der Waals surface area contributed by atoms with Gasteiger partial charge in [0.15, 0.2) is 0 Å². The molecule has 4 heteroatoms. The molecule has 0 fully saturated rings. The summed E-state index contributed by atoms with van der Waals surface area (Å²) in [4.78, 5) is 13.2. The zero-order chi connectivity index (χ0) is 9.84. The summed E-state index contributed by atoms with van der Waals surface area (Å²) in [5, 5.41) is 8.43. The van der Waals surface area contributed by atoms with Crippen molar-refractivity contribution in [1.82, 2.24) is 0 Å². The minimum Gasteiger partial charge on any atom is -0.481 e. The van der Waals surface area contributed by atoms with Crippen LogP contribution in [0.5, 0.6) is 0 Å². The van der Waals surface area contributed by atoms with Crippen molar-refractivity contribution in [2.45, 2.75) is 6.42 Å². The van der Waals surface area contributed by atoms with Crippen LogP contribution in [0.15, 0.2) is 18.2 Å². The van der Waals surface area contributed by atoms with Gasteiger partial charge in [0.05, 0.1) is 13.0 Å². The maximum Gasteiger partial charge on any atom is 0.307 e. The van der Waals surface area contributed by atoms with E-state index >= 15 is 0 Å². The lowest BCUT2D eigenvalue weighted by Crippen LogP contribution is -1.99. The maximum absolute atomic E-state index is 12.7. The fourth-order valence-electron chi connectivity index (χ4n) is 0.929. The lowest BCUT2D eigenvalue weighted by atomic mass is 10.1. The Hall–Kier alpha value is -1.89. The fourth-order valence-corrected chi connectivity index (χ4v) is 0.929. The average Bonchev–Trinajstić information content (AvgIpc) is 2.07. The molecular formula is C9H6FNO2. The maximum atomic E-state index is 12.7. The fraction of sp³-hybridized carbons (Fsp3) is 0.111. The van der Waals surface area contributed by atoms with E-state index in [1.165, 1.54) is 12.1 Å². The van der Waals surface area contributed by atoms with Crippen LogP contribution in [0.25, 0.3) is 4.85 Å². The van der Waals surface area contributed by atoms with Gasteiger partial charge in [-0.15, -0.1) is 0 Å². The normalized spacial score (nSPS) is 9.23. The number of carboxylic acids is 1. The van der Waals surface area contributed by atoms with Crippen molar-refractivity contribution in [3.8, 4) is 0 Å². The first kappa shape index (κ1) is 9.20. The third-order valence-electron chi connectivity index (χ3n) is 1.49. The average molecular weight is 179 g/mol. The van der Waals surface area contributed by atoms with E-state index in [4.69, 9.17) is 11.7 Å². The topological polar surface area (TPSA) is 41.7 Å². The first-order valence-corrected chi connectivity index (χ1v) is 3.51. The molecule has 13 heavy (non-hydrogen) atoms. The number of carbonyl (C=O) groups is 1. The van der Waals surface area contributed by atoms with Crippen molar-refractivity contribution in [3.05, 3.63) is 41.0 Å². The number of halogens is 1. The second-order valence-electron chi connectivity index (χ2n) is 2.47. The van der Waals surface area contributed by atoms with Crippen molar-refractivity contribution < 1.29 is 14.3 Å². The van der Waals surface area contributed by atoms with Crippen LogP contribution in [-0.2, 0) is 11.2 Å². The monoisotopic (exact) mass is 179 g/mol. The summed E-state index contributed by atoms with van der Waals surface area (Å²) in [6.07, 6.45) is -0.192. The predicted molar refractivity (Wildman–Crippen MR) is 44.0 cm³/mol. The first-order chi connectivity index (χ1) is 6.13. The van der Waals surface area contributed by atoms with Crippen LogP contribution >= 0.6 is 0 Å². The number of hydrogen-bond donors (Lipinski definition) is 1. The molecule has 0 spiro atoms.